The molecule has 4 nitrogen and oxygen atoms in total. The van der Waals surface area contributed by atoms with E-state index in [1.54, 1.807) is 6.92 Å². The quantitative estimate of drug-likeness (QED) is 0.831. The molecule has 1 aliphatic carbocycles. The van der Waals surface area contributed by atoms with Crippen LogP contribution in [0.3, 0.4) is 0 Å². The first kappa shape index (κ1) is 18.5. The van der Waals surface area contributed by atoms with E-state index in [1.807, 2.05) is 24.3 Å². The van der Waals surface area contributed by atoms with Gasteiger partial charge in [-0.25, -0.2) is 0 Å². The van der Waals surface area contributed by atoms with Crippen LogP contribution in [-0.4, -0.2) is 24.3 Å². The lowest BCUT2D eigenvalue weighted by molar-refractivity contribution is -0.124. The standard InChI is InChI=1S/C20H29NO3/c1-14-5-4-6-19(16(14)3)21-20(23)13-24-18-11-9-17(10-12-18)8-7-15(2)22/h9-12,14,16,19H,4-8,13H2,1-3H3,(H,21,23)/t14-,16-,19+/m1/s1. The van der Waals surface area contributed by atoms with E-state index in [-0.39, 0.29) is 24.3 Å². The summed E-state index contributed by atoms with van der Waals surface area (Å²) in [5, 5.41) is 3.11. The average molecular weight is 331 g/mol. The van der Waals surface area contributed by atoms with Crippen molar-refractivity contribution in [3.8, 4) is 5.75 Å². The molecule has 0 aromatic heterocycles. The van der Waals surface area contributed by atoms with Crippen LogP contribution in [0.5, 0.6) is 5.75 Å². The summed E-state index contributed by atoms with van der Waals surface area (Å²) in [4.78, 5) is 23.1. The van der Waals surface area contributed by atoms with Crippen LogP contribution in [0.15, 0.2) is 24.3 Å². The Hall–Kier alpha value is -1.84. The summed E-state index contributed by atoms with van der Waals surface area (Å²) in [5.74, 6) is 2.00. The van der Waals surface area contributed by atoms with Gasteiger partial charge >= 0.3 is 0 Å². The van der Waals surface area contributed by atoms with Crippen molar-refractivity contribution in [2.75, 3.05) is 6.61 Å². The van der Waals surface area contributed by atoms with Crippen molar-refractivity contribution in [2.45, 2.75) is 58.9 Å². The first-order valence-electron chi connectivity index (χ1n) is 8.96. The monoisotopic (exact) mass is 331 g/mol. The third-order valence-electron chi connectivity index (χ3n) is 5.11. The maximum atomic E-state index is 12.1. The van der Waals surface area contributed by atoms with E-state index in [4.69, 9.17) is 4.74 Å². The van der Waals surface area contributed by atoms with Crippen LogP contribution >= 0.6 is 0 Å². The van der Waals surface area contributed by atoms with Crippen molar-refractivity contribution < 1.29 is 14.3 Å². The highest BCUT2D eigenvalue weighted by Gasteiger charge is 2.28. The molecule has 1 fully saturated rings. The van der Waals surface area contributed by atoms with Crippen molar-refractivity contribution in [3.63, 3.8) is 0 Å². The predicted octanol–water partition coefficient (Wildman–Crippen LogP) is 3.53. The molecular weight excluding hydrogens is 302 g/mol. The molecule has 0 radical (unpaired) electrons. The van der Waals surface area contributed by atoms with Gasteiger partial charge in [0, 0.05) is 12.5 Å². The molecule has 0 heterocycles. The van der Waals surface area contributed by atoms with Gasteiger partial charge in [-0.3, -0.25) is 4.79 Å². The number of Topliss-reactive ketones (excluding diaryl/α,β-unsaturated/α-hetero) is 1. The van der Waals surface area contributed by atoms with Crippen molar-refractivity contribution in [3.05, 3.63) is 29.8 Å². The predicted molar refractivity (Wildman–Crippen MR) is 95.0 cm³/mol. The summed E-state index contributed by atoms with van der Waals surface area (Å²) >= 11 is 0. The van der Waals surface area contributed by atoms with E-state index in [1.165, 1.54) is 12.8 Å². The smallest absolute Gasteiger partial charge is 0.258 e. The number of hydrogen-bond donors (Lipinski definition) is 1. The molecule has 1 aliphatic rings. The first-order chi connectivity index (χ1) is 11.5. The van der Waals surface area contributed by atoms with Crippen LogP contribution in [0.25, 0.3) is 0 Å². The second kappa shape index (κ2) is 8.86. The molecule has 0 saturated heterocycles. The SMILES string of the molecule is CC(=O)CCc1ccc(OCC(=O)N[C@H]2CCC[C@@H](C)[C@H]2C)cc1. The van der Waals surface area contributed by atoms with Crippen molar-refractivity contribution in [2.24, 2.45) is 11.8 Å². The van der Waals surface area contributed by atoms with Crippen LogP contribution < -0.4 is 10.1 Å². The number of aryl methyl sites for hydroxylation is 1. The summed E-state index contributed by atoms with van der Waals surface area (Å²) in [6, 6.07) is 7.86. The van der Waals surface area contributed by atoms with Crippen molar-refractivity contribution >= 4 is 11.7 Å². The molecule has 0 bridgehead atoms. The Kier molecular flexibility index (Phi) is 6.83. The average Bonchev–Trinajstić information content (AvgIpc) is 2.56. The molecule has 3 atom stereocenters. The molecule has 1 amide bonds. The van der Waals surface area contributed by atoms with E-state index >= 15 is 0 Å². The molecular formula is C20H29NO3. The zero-order valence-corrected chi connectivity index (χ0v) is 15.0. The largest absolute Gasteiger partial charge is 0.484 e. The van der Waals surface area contributed by atoms with Crippen LogP contribution in [-0.2, 0) is 16.0 Å². The summed E-state index contributed by atoms with van der Waals surface area (Å²) < 4.78 is 5.57. The number of amides is 1. The maximum absolute atomic E-state index is 12.1. The van der Waals surface area contributed by atoms with Gasteiger partial charge in [0.1, 0.15) is 11.5 Å². The Labute approximate surface area is 145 Å². The van der Waals surface area contributed by atoms with E-state index in [0.717, 1.165) is 18.4 Å². The minimum absolute atomic E-state index is 0.0460. The molecule has 1 N–H and O–H groups in total. The van der Waals surface area contributed by atoms with E-state index in [9.17, 15) is 9.59 Å². The molecule has 1 aromatic rings. The number of ketones is 1. The topological polar surface area (TPSA) is 55.4 Å². The van der Waals surface area contributed by atoms with Gasteiger partial charge in [-0.05, 0) is 49.3 Å². The molecule has 1 saturated carbocycles. The highest BCUT2D eigenvalue weighted by molar-refractivity contribution is 5.78. The van der Waals surface area contributed by atoms with E-state index in [2.05, 4.69) is 19.2 Å². The minimum Gasteiger partial charge on any atom is -0.484 e. The zero-order chi connectivity index (χ0) is 17.5. The van der Waals surface area contributed by atoms with Gasteiger partial charge in [0.25, 0.3) is 5.91 Å². The molecule has 132 valence electrons. The van der Waals surface area contributed by atoms with Crippen molar-refractivity contribution in [1.29, 1.82) is 0 Å². The second-order valence-electron chi connectivity index (χ2n) is 7.08. The highest BCUT2D eigenvalue weighted by Crippen LogP contribution is 2.29. The molecule has 2 rings (SSSR count). The van der Waals surface area contributed by atoms with Crippen LogP contribution in [0.1, 0.15) is 52.0 Å². The third kappa shape index (κ3) is 5.66. The highest BCUT2D eigenvalue weighted by atomic mass is 16.5. The molecule has 0 spiro atoms. The molecule has 24 heavy (non-hydrogen) atoms. The lowest BCUT2D eigenvalue weighted by Gasteiger charge is -2.34. The Bertz CT molecular complexity index is 553. The number of carbonyl (C=O) groups excluding carboxylic acids is 2. The lowest BCUT2D eigenvalue weighted by atomic mass is 9.78. The van der Waals surface area contributed by atoms with Crippen molar-refractivity contribution in [1.82, 2.24) is 5.32 Å². The van der Waals surface area contributed by atoms with E-state index in [0.29, 0.717) is 24.0 Å². The molecule has 0 unspecified atom stereocenters. The Morgan fingerprint density at radius 2 is 1.88 bits per heavy atom. The molecule has 0 aliphatic heterocycles. The number of rotatable bonds is 7. The van der Waals surface area contributed by atoms with Gasteiger partial charge < -0.3 is 14.8 Å². The molecule has 4 heteroatoms. The van der Waals surface area contributed by atoms with Gasteiger partial charge in [0.05, 0.1) is 0 Å². The lowest BCUT2D eigenvalue weighted by Crippen LogP contribution is -2.45. The fraction of sp³-hybridized carbons (Fsp3) is 0.600. The fourth-order valence-corrected chi connectivity index (χ4v) is 3.26. The Morgan fingerprint density at radius 1 is 1.17 bits per heavy atom. The Morgan fingerprint density at radius 3 is 2.54 bits per heavy atom. The van der Waals surface area contributed by atoms with Gasteiger partial charge in [0.2, 0.25) is 0 Å². The van der Waals surface area contributed by atoms with Crippen LogP contribution in [0.2, 0.25) is 0 Å². The normalized spacial score (nSPS) is 23.5. The summed E-state index contributed by atoms with van der Waals surface area (Å²) in [6.07, 6.45) is 4.79. The third-order valence-corrected chi connectivity index (χ3v) is 5.11. The summed E-state index contributed by atoms with van der Waals surface area (Å²) in [6.45, 7) is 6.12. The number of nitrogens with one attached hydrogen (secondary N) is 1. The van der Waals surface area contributed by atoms with Gasteiger partial charge in [-0.2, -0.15) is 0 Å². The number of carbonyl (C=O) groups is 2. The number of benzene rings is 1. The van der Waals surface area contributed by atoms with Crippen LogP contribution in [0.4, 0.5) is 0 Å². The first-order valence-corrected chi connectivity index (χ1v) is 8.96. The van der Waals surface area contributed by atoms with Gasteiger partial charge in [0.15, 0.2) is 6.61 Å². The van der Waals surface area contributed by atoms with E-state index < -0.39 is 0 Å². The zero-order valence-electron chi connectivity index (χ0n) is 15.0. The summed E-state index contributed by atoms with van der Waals surface area (Å²) in [5.41, 5.74) is 1.10. The van der Waals surface area contributed by atoms with Gasteiger partial charge in [-0.1, -0.05) is 38.8 Å². The fourth-order valence-electron chi connectivity index (χ4n) is 3.26. The number of hydrogen-bond acceptors (Lipinski definition) is 3. The summed E-state index contributed by atoms with van der Waals surface area (Å²) in [7, 11) is 0. The second-order valence-corrected chi connectivity index (χ2v) is 7.08. The Balaban J connectivity index is 1.76. The minimum atomic E-state index is -0.0541. The van der Waals surface area contributed by atoms with Gasteiger partial charge in [-0.15, -0.1) is 0 Å². The molecule has 1 aromatic carbocycles. The maximum Gasteiger partial charge on any atom is 0.258 e. The number of ether oxygens (including phenoxy) is 1. The van der Waals surface area contributed by atoms with Crippen LogP contribution in [0, 0.1) is 11.8 Å².